The molecule has 3 nitrogen and oxygen atoms in total. The van der Waals surface area contributed by atoms with Crippen molar-refractivity contribution < 1.29 is 5.11 Å². The second kappa shape index (κ2) is 5.07. The third-order valence-electron chi connectivity index (χ3n) is 3.58. The lowest BCUT2D eigenvalue weighted by Gasteiger charge is -2.40. The zero-order chi connectivity index (χ0) is 12.4. The molecule has 1 aliphatic heterocycles. The third-order valence-corrected chi connectivity index (χ3v) is 3.58. The van der Waals surface area contributed by atoms with E-state index < -0.39 is 0 Å². The summed E-state index contributed by atoms with van der Waals surface area (Å²) in [5.74, 6) is 0. The first-order valence-corrected chi connectivity index (χ1v) is 6.27. The average molecular weight is 234 g/mol. The van der Waals surface area contributed by atoms with E-state index in [0.717, 1.165) is 25.2 Å². The predicted molar refractivity (Wildman–Crippen MR) is 71.4 cm³/mol. The molecule has 0 spiro atoms. The van der Waals surface area contributed by atoms with Crippen molar-refractivity contribution in [2.24, 2.45) is 0 Å². The van der Waals surface area contributed by atoms with Crippen LogP contribution in [0.5, 0.6) is 0 Å². The van der Waals surface area contributed by atoms with Gasteiger partial charge in [-0.2, -0.15) is 0 Å². The van der Waals surface area contributed by atoms with Gasteiger partial charge < -0.3 is 14.9 Å². The lowest BCUT2D eigenvalue weighted by atomic mass is 10.1. The van der Waals surface area contributed by atoms with Gasteiger partial charge in [0, 0.05) is 31.4 Å². The molecule has 17 heavy (non-hydrogen) atoms. The second-order valence-corrected chi connectivity index (χ2v) is 5.08. The molecular formula is C14H22N2O. The number of aliphatic hydroxyl groups excluding tert-OH is 1. The van der Waals surface area contributed by atoms with E-state index in [1.54, 1.807) is 0 Å². The highest BCUT2D eigenvalue weighted by atomic mass is 16.3. The largest absolute Gasteiger partial charge is 0.392 e. The van der Waals surface area contributed by atoms with Gasteiger partial charge in [0.2, 0.25) is 0 Å². The molecule has 2 rings (SSSR count). The average Bonchev–Trinajstić information content (AvgIpc) is 2.30. The Bertz CT molecular complexity index is 392. The van der Waals surface area contributed by atoms with Gasteiger partial charge in [-0.3, -0.25) is 0 Å². The number of aryl methyl sites for hydroxylation is 1. The van der Waals surface area contributed by atoms with Crippen LogP contribution in [-0.4, -0.2) is 42.7 Å². The summed E-state index contributed by atoms with van der Waals surface area (Å²) in [5, 5.41) is 9.13. The van der Waals surface area contributed by atoms with Gasteiger partial charge in [-0.15, -0.1) is 0 Å². The minimum Gasteiger partial charge on any atom is -0.392 e. The molecule has 1 aromatic rings. The Labute approximate surface area is 104 Å². The number of aliphatic hydroxyl groups is 1. The summed E-state index contributed by atoms with van der Waals surface area (Å²) in [6, 6.07) is 6.80. The third kappa shape index (κ3) is 2.61. The van der Waals surface area contributed by atoms with Crippen molar-refractivity contribution in [3.8, 4) is 0 Å². The number of rotatable bonds is 2. The van der Waals surface area contributed by atoms with Gasteiger partial charge in [0.15, 0.2) is 0 Å². The predicted octanol–water partition coefficient (Wildman–Crippen LogP) is 1.63. The Balaban J connectivity index is 2.22. The smallest absolute Gasteiger partial charge is 0.0681 e. The van der Waals surface area contributed by atoms with E-state index in [2.05, 4.69) is 42.8 Å². The Morgan fingerprint density at radius 2 is 2.12 bits per heavy atom. The van der Waals surface area contributed by atoms with Crippen molar-refractivity contribution >= 4 is 5.69 Å². The van der Waals surface area contributed by atoms with E-state index in [4.69, 9.17) is 5.11 Å². The summed E-state index contributed by atoms with van der Waals surface area (Å²) in [6.45, 7) is 7.83. The molecule has 1 atom stereocenters. The van der Waals surface area contributed by atoms with Crippen LogP contribution in [0.25, 0.3) is 0 Å². The van der Waals surface area contributed by atoms with Crippen molar-refractivity contribution in [3.63, 3.8) is 0 Å². The molecular weight excluding hydrogens is 212 g/mol. The van der Waals surface area contributed by atoms with Gasteiger partial charge in [0.25, 0.3) is 0 Å². The molecule has 1 aromatic carbocycles. The van der Waals surface area contributed by atoms with Gasteiger partial charge in [-0.1, -0.05) is 12.1 Å². The Morgan fingerprint density at radius 1 is 1.35 bits per heavy atom. The van der Waals surface area contributed by atoms with Crippen LogP contribution >= 0.6 is 0 Å². The molecule has 1 fully saturated rings. The monoisotopic (exact) mass is 234 g/mol. The maximum atomic E-state index is 9.13. The summed E-state index contributed by atoms with van der Waals surface area (Å²) < 4.78 is 0. The summed E-state index contributed by atoms with van der Waals surface area (Å²) in [5.41, 5.74) is 3.56. The number of hydrogen-bond donors (Lipinski definition) is 1. The lowest BCUT2D eigenvalue weighted by molar-refractivity contribution is 0.275. The first-order valence-electron chi connectivity index (χ1n) is 6.27. The number of anilines is 1. The molecule has 0 amide bonds. The fourth-order valence-corrected chi connectivity index (χ4v) is 2.64. The van der Waals surface area contributed by atoms with Crippen molar-refractivity contribution in [1.29, 1.82) is 0 Å². The number of piperazine rings is 1. The number of benzene rings is 1. The Hall–Kier alpha value is -1.06. The van der Waals surface area contributed by atoms with Crippen molar-refractivity contribution in [2.75, 3.05) is 31.6 Å². The van der Waals surface area contributed by atoms with E-state index >= 15 is 0 Å². The van der Waals surface area contributed by atoms with Gasteiger partial charge in [0.1, 0.15) is 0 Å². The van der Waals surface area contributed by atoms with Crippen LogP contribution in [0, 0.1) is 6.92 Å². The molecule has 1 N–H and O–H groups in total. The quantitative estimate of drug-likeness (QED) is 0.842. The number of nitrogens with zero attached hydrogens (tertiary/aromatic N) is 2. The molecule has 1 saturated heterocycles. The topological polar surface area (TPSA) is 26.7 Å². The molecule has 94 valence electrons. The molecule has 1 heterocycles. The first-order chi connectivity index (χ1) is 8.11. The van der Waals surface area contributed by atoms with Crippen LogP contribution in [0.2, 0.25) is 0 Å². The van der Waals surface area contributed by atoms with Crippen LogP contribution in [0.3, 0.4) is 0 Å². The maximum absolute atomic E-state index is 9.13. The SMILES string of the molecule is Cc1cc(CO)ccc1N1CCN(C)CC1C. The summed E-state index contributed by atoms with van der Waals surface area (Å²) in [4.78, 5) is 4.84. The Kier molecular flexibility index (Phi) is 3.69. The molecule has 0 bridgehead atoms. The minimum absolute atomic E-state index is 0.124. The van der Waals surface area contributed by atoms with Crippen molar-refractivity contribution in [3.05, 3.63) is 29.3 Å². The van der Waals surface area contributed by atoms with E-state index in [9.17, 15) is 0 Å². The van der Waals surface area contributed by atoms with Gasteiger partial charge >= 0.3 is 0 Å². The molecule has 1 aliphatic rings. The van der Waals surface area contributed by atoms with E-state index in [0.29, 0.717) is 6.04 Å². The highest BCUT2D eigenvalue weighted by molar-refractivity contribution is 5.55. The zero-order valence-electron chi connectivity index (χ0n) is 11.0. The molecule has 0 aliphatic carbocycles. The van der Waals surface area contributed by atoms with Gasteiger partial charge in [-0.05, 0) is 38.1 Å². The Morgan fingerprint density at radius 3 is 2.71 bits per heavy atom. The molecule has 3 heteroatoms. The lowest BCUT2D eigenvalue weighted by Crippen LogP contribution is -2.50. The molecule has 1 unspecified atom stereocenters. The van der Waals surface area contributed by atoms with Crippen LogP contribution in [0.15, 0.2) is 18.2 Å². The fourth-order valence-electron chi connectivity index (χ4n) is 2.64. The van der Waals surface area contributed by atoms with Crippen LogP contribution < -0.4 is 4.90 Å². The fraction of sp³-hybridized carbons (Fsp3) is 0.571. The van der Waals surface area contributed by atoms with E-state index in [1.165, 1.54) is 11.3 Å². The van der Waals surface area contributed by atoms with Crippen molar-refractivity contribution in [1.82, 2.24) is 4.90 Å². The van der Waals surface area contributed by atoms with Crippen LogP contribution in [-0.2, 0) is 6.61 Å². The normalized spacial score (nSPS) is 21.9. The highest BCUT2D eigenvalue weighted by Gasteiger charge is 2.22. The van der Waals surface area contributed by atoms with Crippen molar-refractivity contribution in [2.45, 2.75) is 26.5 Å². The highest BCUT2D eigenvalue weighted by Crippen LogP contribution is 2.25. The first kappa shape index (κ1) is 12.4. The maximum Gasteiger partial charge on any atom is 0.0681 e. The molecule has 0 saturated carbocycles. The van der Waals surface area contributed by atoms with Crippen LogP contribution in [0.1, 0.15) is 18.1 Å². The molecule has 0 aromatic heterocycles. The minimum atomic E-state index is 0.124. The van der Waals surface area contributed by atoms with Gasteiger partial charge in [0.05, 0.1) is 6.61 Å². The van der Waals surface area contributed by atoms with E-state index in [-0.39, 0.29) is 6.61 Å². The molecule has 0 radical (unpaired) electrons. The second-order valence-electron chi connectivity index (χ2n) is 5.08. The van der Waals surface area contributed by atoms with Gasteiger partial charge in [-0.25, -0.2) is 0 Å². The zero-order valence-corrected chi connectivity index (χ0v) is 11.0. The standard InChI is InChI=1S/C14H22N2O/c1-11-8-13(10-17)4-5-14(11)16-7-6-15(3)9-12(16)2/h4-5,8,12,17H,6-7,9-10H2,1-3H3. The number of likely N-dealkylation sites (N-methyl/N-ethyl adjacent to an activating group) is 1. The summed E-state index contributed by atoms with van der Waals surface area (Å²) in [7, 11) is 2.18. The summed E-state index contributed by atoms with van der Waals surface area (Å²) >= 11 is 0. The summed E-state index contributed by atoms with van der Waals surface area (Å²) in [6.07, 6.45) is 0. The van der Waals surface area contributed by atoms with E-state index in [1.807, 2.05) is 6.07 Å². The van der Waals surface area contributed by atoms with Crippen LogP contribution in [0.4, 0.5) is 5.69 Å². The number of hydrogen-bond acceptors (Lipinski definition) is 3.